The number of allylic oxidation sites excluding steroid dienone is 1. The van der Waals surface area contributed by atoms with Gasteiger partial charge in [-0.3, -0.25) is 10.2 Å². The van der Waals surface area contributed by atoms with Crippen LogP contribution in [0.15, 0.2) is 24.0 Å². The summed E-state index contributed by atoms with van der Waals surface area (Å²) in [5.41, 5.74) is 9.01. The van der Waals surface area contributed by atoms with E-state index in [1.165, 1.54) is 17.2 Å². The number of nitrogens with two attached hydrogens (primary N) is 2. The number of carbonyl (C=O) groups is 1. The van der Waals surface area contributed by atoms with Gasteiger partial charge in [-0.15, -0.1) is 0 Å². The van der Waals surface area contributed by atoms with Crippen molar-refractivity contribution in [1.29, 1.82) is 5.41 Å². The molecule has 1 aliphatic heterocycles. The summed E-state index contributed by atoms with van der Waals surface area (Å²) in [5, 5.41) is 6.93. The molecule has 5 N–H and O–H groups in total. The first-order valence-corrected chi connectivity index (χ1v) is 7.24. The largest absolute Gasteiger partial charge is 0.432 e. The minimum atomic E-state index is -4.88. The van der Waals surface area contributed by atoms with Crippen LogP contribution in [0, 0.1) is 11.3 Å². The lowest BCUT2D eigenvalue weighted by Crippen LogP contribution is -2.43. The third kappa shape index (κ3) is 5.14. The third-order valence-electron chi connectivity index (χ3n) is 3.41. The van der Waals surface area contributed by atoms with Crippen molar-refractivity contribution in [3.63, 3.8) is 0 Å². The maximum absolute atomic E-state index is 12.4. The zero-order valence-electron chi connectivity index (χ0n) is 13.1. The summed E-state index contributed by atoms with van der Waals surface area (Å²) in [7, 11) is 0. The van der Waals surface area contributed by atoms with Crippen LogP contribution in [0.2, 0.25) is 0 Å². The zero-order chi connectivity index (χ0) is 18.6. The molecule has 1 fully saturated rings. The fourth-order valence-electron chi connectivity index (χ4n) is 2.10. The van der Waals surface area contributed by atoms with E-state index < -0.39 is 23.5 Å². The molecule has 136 valence electrons. The average molecular weight is 358 g/mol. The number of amides is 1. The summed E-state index contributed by atoms with van der Waals surface area (Å²) in [4.78, 5) is 21.4. The monoisotopic (exact) mass is 358 g/mol. The second kappa shape index (κ2) is 7.47. The molecule has 0 aromatic carbocycles. The number of anilines is 1. The normalized spacial score (nSPS) is 15.6. The highest BCUT2D eigenvalue weighted by atomic mass is 19.4. The van der Waals surface area contributed by atoms with Gasteiger partial charge in [-0.2, -0.15) is 13.2 Å². The fourth-order valence-corrected chi connectivity index (χ4v) is 2.10. The number of rotatable bonds is 6. The molecule has 2 rings (SSSR count). The van der Waals surface area contributed by atoms with E-state index in [0.29, 0.717) is 25.0 Å². The SMILES string of the molecule is N=C(/C=C(\N)C(=O)N(Cc1ccnc(N)n1)CC1COC1)C(F)(F)F. The Balaban J connectivity index is 2.17. The highest BCUT2D eigenvalue weighted by Crippen LogP contribution is 2.19. The Morgan fingerprint density at radius 3 is 2.68 bits per heavy atom. The Morgan fingerprint density at radius 1 is 1.48 bits per heavy atom. The summed E-state index contributed by atoms with van der Waals surface area (Å²) in [5.74, 6) is -0.754. The van der Waals surface area contributed by atoms with Crippen LogP contribution in [0.1, 0.15) is 5.69 Å². The van der Waals surface area contributed by atoms with Crippen molar-refractivity contribution < 1.29 is 22.7 Å². The van der Waals surface area contributed by atoms with Crippen LogP contribution in [0.3, 0.4) is 0 Å². The highest BCUT2D eigenvalue weighted by Gasteiger charge is 2.34. The maximum Gasteiger partial charge on any atom is 0.432 e. The topological polar surface area (TPSA) is 131 Å². The Kier molecular flexibility index (Phi) is 5.57. The molecule has 0 radical (unpaired) electrons. The minimum absolute atomic E-state index is 0.00402. The van der Waals surface area contributed by atoms with E-state index in [0.717, 1.165) is 0 Å². The minimum Gasteiger partial charge on any atom is -0.394 e. The number of hydrogen-bond donors (Lipinski definition) is 3. The number of nitrogen functional groups attached to an aromatic ring is 1. The standard InChI is InChI=1S/C14H17F3N6O2/c15-14(16,17)11(19)3-10(18)12(24)23(4-8-6-25-7-8)5-9-1-2-21-13(20)22-9/h1-3,8,19H,4-7,18H2,(H2,20,21,22)/b10-3-,19-11?. The van der Waals surface area contributed by atoms with Crippen LogP contribution in [-0.4, -0.2) is 52.4 Å². The van der Waals surface area contributed by atoms with Gasteiger partial charge in [0.2, 0.25) is 5.95 Å². The van der Waals surface area contributed by atoms with Crippen LogP contribution in [-0.2, 0) is 16.1 Å². The van der Waals surface area contributed by atoms with Gasteiger partial charge in [0.05, 0.1) is 31.1 Å². The van der Waals surface area contributed by atoms with Crippen LogP contribution >= 0.6 is 0 Å². The zero-order valence-corrected chi connectivity index (χ0v) is 13.1. The Labute approximate surface area is 141 Å². The van der Waals surface area contributed by atoms with E-state index in [-0.39, 0.29) is 25.0 Å². The van der Waals surface area contributed by atoms with Crippen LogP contribution < -0.4 is 11.5 Å². The number of nitrogens with one attached hydrogen (secondary N) is 1. The number of carbonyl (C=O) groups excluding carboxylic acids is 1. The molecule has 1 aromatic heterocycles. The van der Waals surface area contributed by atoms with Crippen molar-refractivity contribution >= 4 is 17.6 Å². The third-order valence-corrected chi connectivity index (χ3v) is 3.41. The van der Waals surface area contributed by atoms with Gasteiger partial charge >= 0.3 is 6.18 Å². The van der Waals surface area contributed by atoms with E-state index in [1.54, 1.807) is 0 Å². The van der Waals surface area contributed by atoms with E-state index in [4.69, 9.17) is 21.6 Å². The molecule has 1 aromatic rings. The molecular weight excluding hydrogens is 341 g/mol. The summed E-state index contributed by atoms with van der Waals surface area (Å²) >= 11 is 0. The first-order valence-electron chi connectivity index (χ1n) is 7.24. The number of nitrogens with zero attached hydrogens (tertiary/aromatic N) is 3. The van der Waals surface area contributed by atoms with Gasteiger partial charge < -0.3 is 21.1 Å². The predicted molar refractivity (Wildman–Crippen MR) is 82.2 cm³/mol. The second-order valence-corrected chi connectivity index (χ2v) is 5.51. The summed E-state index contributed by atoms with van der Waals surface area (Å²) < 4.78 is 42.4. The Bertz CT molecular complexity index is 687. The lowest BCUT2D eigenvalue weighted by atomic mass is 10.1. The van der Waals surface area contributed by atoms with E-state index in [9.17, 15) is 18.0 Å². The van der Waals surface area contributed by atoms with E-state index in [2.05, 4.69) is 9.97 Å². The number of aromatic nitrogens is 2. The molecule has 0 atom stereocenters. The Morgan fingerprint density at radius 2 is 2.16 bits per heavy atom. The van der Waals surface area contributed by atoms with E-state index in [1.807, 2.05) is 0 Å². The first-order chi connectivity index (χ1) is 11.7. The van der Waals surface area contributed by atoms with Crippen LogP contribution in [0.4, 0.5) is 19.1 Å². The van der Waals surface area contributed by atoms with Gasteiger partial charge in [0.25, 0.3) is 5.91 Å². The van der Waals surface area contributed by atoms with Crippen LogP contribution in [0.5, 0.6) is 0 Å². The van der Waals surface area contributed by atoms with Crippen molar-refractivity contribution in [3.8, 4) is 0 Å². The average Bonchev–Trinajstić information content (AvgIpc) is 2.47. The smallest absolute Gasteiger partial charge is 0.394 e. The molecule has 0 unspecified atom stereocenters. The molecular formula is C14H17F3N6O2. The van der Waals surface area contributed by atoms with Gasteiger partial charge in [-0.05, 0) is 12.1 Å². The second-order valence-electron chi connectivity index (χ2n) is 5.51. The van der Waals surface area contributed by atoms with Crippen molar-refractivity contribution in [3.05, 3.63) is 29.7 Å². The van der Waals surface area contributed by atoms with Gasteiger partial charge in [-0.25, -0.2) is 9.97 Å². The van der Waals surface area contributed by atoms with Gasteiger partial charge in [-0.1, -0.05) is 0 Å². The Hall–Kier alpha value is -2.69. The quantitative estimate of drug-likeness (QED) is 0.500. The van der Waals surface area contributed by atoms with Crippen molar-refractivity contribution in [2.45, 2.75) is 12.7 Å². The predicted octanol–water partition coefficient (Wildman–Crippen LogP) is 0.458. The summed E-state index contributed by atoms with van der Waals surface area (Å²) in [6.45, 7) is 1.11. The number of halogens is 3. The lowest BCUT2D eigenvalue weighted by Gasteiger charge is -2.32. The lowest BCUT2D eigenvalue weighted by molar-refractivity contribution is -0.131. The molecule has 1 aliphatic rings. The number of alkyl halides is 3. The first kappa shape index (κ1) is 18.6. The molecule has 8 nitrogen and oxygen atoms in total. The molecule has 0 bridgehead atoms. The molecule has 2 heterocycles. The molecule has 1 saturated heterocycles. The molecule has 1 amide bonds. The maximum atomic E-state index is 12.4. The molecule has 0 aliphatic carbocycles. The summed E-state index contributed by atoms with van der Waals surface area (Å²) in [6, 6.07) is 1.53. The molecule has 25 heavy (non-hydrogen) atoms. The van der Waals surface area contributed by atoms with Gasteiger partial charge in [0.1, 0.15) is 5.71 Å². The van der Waals surface area contributed by atoms with Crippen molar-refractivity contribution in [2.75, 3.05) is 25.5 Å². The number of ether oxygens (including phenoxy) is 1. The van der Waals surface area contributed by atoms with Crippen molar-refractivity contribution in [1.82, 2.24) is 14.9 Å². The summed E-state index contributed by atoms with van der Waals surface area (Å²) in [6.07, 6.45) is -3.16. The molecule has 0 saturated carbocycles. The van der Waals surface area contributed by atoms with Gasteiger partial charge in [0, 0.05) is 18.7 Å². The van der Waals surface area contributed by atoms with E-state index >= 15 is 0 Å². The van der Waals surface area contributed by atoms with Crippen LogP contribution in [0.25, 0.3) is 0 Å². The number of hydrogen-bond acceptors (Lipinski definition) is 7. The molecule has 0 spiro atoms. The fraction of sp³-hybridized carbons (Fsp3) is 0.429. The van der Waals surface area contributed by atoms with Crippen molar-refractivity contribution in [2.24, 2.45) is 11.7 Å². The van der Waals surface area contributed by atoms with Gasteiger partial charge in [0.15, 0.2) is 0 Å². The molecule has 11 heteroatoms. The highest BCUT2D eigenvalue weighted by molar-refractivity contribution is 6.04.